The summed E-state index contributed by atoms with van der Waals surface area (Å²) in [5.74, 6) is 1.20. The number of halogens is 1. The molecule has 0 aliphatic heterocycles. The number of aryl methyl sites for hydroxylation is 1. The number of hydrogen-bond acceptors (Lipinski definition) is 4. The summed E-state index contributed by atoms with van der Waals surface area (Å²) in [5.41, 5.74) is 2.23. The van der Waals surface area contributed by atoms with E-state index in [2.05, 4.69) is 10.3 Å². The van der Waals surface area contributed by atoms with Crippen molar-refractivity contribution in [2.24, 2.45) is 7.05 Å². The highest BCUT2D eigenvalue weighted by Gasteiger charge is 2.22. The van der Waals surface area contributed by atoms with Gasteiger partial charge in [-0.05, 0) is 42.8 Å². The lowest BCUT2D eigenvalue weighted by Gasteiger charge is -2.20. The predicted molar refractivity (Wildman–Crippen MR) is 112 cm³/mol. The van der Waals surface area contributed by atoms with Crippen LogP contribution in [-0.4, -0.2) is 29.2 Å². The molecule has 0 fully saturated rings. The minimum absolute atomic E-state index is 0.214. The van der Waals surface area contributed by atoms with Gasteiger partial charge in [-0.15, -0.1) is 0 Å². The molecule has 1 atom stereocenters. The summed E-state index contributed by atoms with van der Waals surface area (Å²) in [6.07, 6.45) is 3.55. The van der Waals surface area contributed by atoms with Gasteiger partial charge >= 0.3 is 0 Å². The van der Waals surface area contributed by atoms with Gasteiger partial charge in [0.1, 0.15) is 17.6 Å². The lowest BCUT2D eigenvalue weighted by atomic mass is 10.0. The molecule has 3 rings (SSSR count). The Morgan fingerprint density at radius 1 is 1.24 bits per heavy atom. The number of benzene rings is 2. The number of rotatable bonds is 8. The van der Waals surface area contributed by atoms with E-state index in [1.165, 1.54) is 0 Å². The largest absolute Gasteiger partial charge is 0.496 e. The number of hydrogen-bond donors (Lipinski definition) is 1. The van der Waals surface area contributed by atoms with E-state index < -0.39 is 6.04 Å². The van der Waals surface area contributed by atoms with E-state index in [4.69, 9.17) is 21.1 Å². The summed E-state index contributed by atoms with van der Waals surface area (Å²) in [5, 5.41) is 3.72. The number of ether oxygens (including phenoxy) is 2. The number of carbonyl (C=O) groups excluding carboxylic acids is 1. The Morgan fingerprint density at radius 2 is 2.00 bits per heavy atom. The smallest absolute Gasteiger partial charge is 0.252 e. The van der Waals surface area contributed by atoms with Crippen molar-refractivity contribution in [2.45, 2.75) is 19.6 Å². The van der Waals surface area contributed by atoms with Crippen molar-refractivity contribution in [1.29, 1.82) is 0 Å². The average Bonchev–Trinajstić information content (AvgIpc) is 3.16. The first-order valence-electron chi connectivity index (χ1n) is 9.31. The fourth-order valence-corrected chi connectivity index (χ4v) is 3.19. The van der Waals surface area contributed by atoms with Crippen LogP contribution in [0.5, 0.6) is 5.75 Å². The van der Waals surface area contributed by atoms with E-state index in [-0.39, 0.29) is 5.91 Å². The predicted octanol–water partition coefficient (Wildman–Crippen LogP) is 4.14. The zero-order valence-corrected chi connectivity index (χ0v) is 17.4. The van der Waals surface area contributed by atoms with E-state index >= 15 is 0 Å². The van der Waals surface area contributed by atoms with Crippen molar-refractivity contribution in [3.63, 3.8) is 0 Å². The number of amides is 1. The topological polar surface area (TPSA) is 65.4 Å². The van der Waals surface area contributed by atoms with Crippen LogP contribution in [0.15, 0.2) is 54.9 Å². The minimum Gasteiger partial charge on any atom is -0.496 e. The normalized spacial score (nSPS) is 11.9. The fraction of sp³-hybridized carbons (Fsp3) is 0.273. The van der Waals surface area contributed by atoms with Gasteiger partial charge in [-0.1, -0.05) is 23.7 Å². The van der Waals surface area contributed by atoms with Crippen LogP contribution in [0, 0.1) is 0 Å². The third kappa shape index (κ3) is 4.96. The molecule has 1 N–H and O–H groups in total. The van der Waals surface area contributed by atoms with E-state index in [0.29, 0.717) is 29.5 Å². The number of carbonyl (C=O) groups is 1. The molecule has 1 heterocycles. The maximum Gasteiger partial charge on any atom is 0.252 e. The molecule has 1 amide bonds. The summed E-state index contributed by atoms with van der Waals surface area (Å²) in [7, 11) is 3.49. The van der Waals surface area contributed by atoms with Gasteiger partial charge in [0.05, 0.1) is 13.7 Å². The second kappa shape index (κ2) is 9.58. The van der Waals surface area contributed by atoms with Crippen LogP contribution in [0.3, 0.4) is 0 Å². The molecule has 152 valence electrons. The monoisotopic (exact) mass is 413 g/mol. The molecule has 0 aliphatic carbocycles. The highest BCUT2D eigenvalue weighted by Crippen LogP contribution is 2.25. The minimum atomic E-state index is -0.419. The van der Waals surface area contributed by atoms with Crippen LogP contribution < -0.4 is 10.1 Å². The van der Waals surface area contributed by atoms with Crippen LogP contribution in [0.4, 0.5) is 0 Å². The first-order chi connectivity index (χ1) is 14.0. The van der Waals surface area contributed by atoms with E-state index in [0.717, 1.165) is 17.0 Å². The zero-order valence-electron chi connectivity index (χ0n) is 16.7. The summed E-state index contributed by atoms with van der Waals surface area (Å²) in [6, 6.07) is 12.3. The van der Waals surface area contributed by atoms with Crippen molar-refractivity contribution in [1.82, 2.24) is 14.9 Å². The first-order valence-corrected chi connectivity index (χ1v) is 9.69. The van der Waals surface area contributed by atoms with Gasteiger partial charge < -0.3 is 19.4 Å². The van der Waals surface area contributed by atoms with Gasteiger partial charge in [-0.3, -0.25) is 4.79 Å². The average molecular weight is 414 g/mol. The Kier molecular flexibility index (Phi) is 6.90. The van der Waals surface area contributed by atoms with E-state index in [1.54, 1.807) is 43.6 Å². The molecule has 1 aromatic heterocycles. The van der Waals surface area contributed by atoms with Gasteiger partial charge in [-0.25, -0.2) is 4.98 Å². The van der Waals surface area contributed by atoms with Gasteiger partial charge in [-0.2, -0.15) is 0 Å². The van der Waals surface area contributed by atoms with Crippen molar-refractivity contribution >= 4 is 17.5 Å². The van der Waals surface area contributed by atoms with Crippen LogP contribution in [0.1, 0.15) is 40.3 Å². The second-order valence-electron chi connectivity index (χ2n) is 6.52. The molecule has 0 saturated heterocycles. The Labute approximate surface area is 175 Å². The Bertz CT molecular complexity index is 970. The first kappa shape index (κ1) is 20.9. The molecular weight excluding hydrogens is 390 g/mol. The van der Waals surface area contributed by atoms with Crippen LogP contribution >= 0.6 is 11.6 Å². The number of nitrogens with zero attached hydrogens (tertiary/aromatic N) is 2. The maximum atomic E-state index is 13.1. The van der Waals surface area contributed by atoms with Gasteiger partial charge in [0.15, 0.2) is 0 Å². The molecule has 29 heavy (non-hydrogen) atoms. The van der Waals surface area contributed by atoms with Crippen molar-refractivity contribution in [3.8, 4) is 5.75 Å². The van der Waals surface area contributed by atoms with Crippen LogP contribution in [0.2, 0.25) is 5.02 Å². The molecule has 1 unspecified atom stereocenters. The van der Waals surface area contributed by atoms with Crippen molar-refractivity contribution < 1.29 is 14.3 Å². The lowest BCUT2D eigenvalue weighted by molar-refractivity contribution is 0.0940. The van der Waals surface area contributed by atoms with Crippen molar-refractivity contribution in [3.05, 3.63) is 82.4 Å². The second-order valence-corrected chi connectivity index (χ2v) is 6.95. The quantitative estimate of drug-likeness (QED) is 0.602. The molecule has 2 aromatic carbocycles. The van der Waals surface area contributed by atoms with Crippen molar-refractivity contribution in [2.75, 3.05) is 13.7 Å². The Hall–Kier alpha value is -2.83. The highest BCUT2D eigenvalue weighted by molar-refractivity contribution is 6.30. The SMILES string of the molecule is CCOCc1cc(C(=O)NC(c2ccc(Cl)cc2)c2nccn2C)ccc1OC. The highest BCUT2D eigenvalue weighted by atomic mass is 35.5. The fourth-order valence-electron chi connectivity index (χ4n) is 3.07. The molecule has 0 bridgehead atoms. The molecule has 0 aliphatic rings. The van der Waals surface area contributed by atoms with Gasteiger partial charge in [0.25, 0.3) is 5.91 Å². The Morgan fingerprint density at radius 3 is 2.62 bits per heavy atom. The Balaban J connectivity index is 1.90. The van der Waals surface area contributed by atoms with E-state index in [1.807, 2.05) is 36.9 Å². The number of imidazole rings is 1. The lowest BCUT2D eigenvalue weighted by Crippen LogP contribution is -2.31. The molecule has 0 spiro atoms. The molecule has 0 saturated carbocycles. The maximum absolute atomic E-state index is 13.1. The van der Waals surface area contributed by atoms with Crippen LogP contribution in [-0.2, 0) is 18.4 Å². The molecule has 0 radical (unpaired) electrons. The molecule has 7 heteroatoms. The molecule has 3 aromatic rings. The summed E-state index contributed by atoms with van der Waals surface area (Å²) < 4.78 is 12.8. The summed E-state index contributed by atoms with van der Waals surface area (Å²) >= 11 is 6.03. The number of methoxy groups -OCH3 is 1. The van der Waals surface area contributed by atoms with Gasteiger partial charge in [0, 0.05) is 42.2 Å². The third-order valence-corrected chi connectivity index (χ3v) is 4.85. The van der Waals surface area contributed by atoms with Crippen LogP contribution in [0.25, 0.3) is 0 Å². The standard InChI is InChI=1S/C22H24ClN3O3/c1-4-29-14-17-13-16(7-10-19(17)28-3)22(27)25-20(21-24-11-12-26(21)2)15-5-8-18(23)9-6-15/h5-13,20H,4,14H2,1-3H3,(H,25,27). The third-order valence-electron chi connectivity index (χ3n) is 4.60. The molecular formula is C22H24ClN3O3. The van der Waals surface area contributed by atoms with E-state index in [9.17, 15) is 4.79 Å². The summed E-state index contributed by atoms with van der Waals surface area (Å²) in [4.78, 5) is 17.5. The summed E-state index contributed by atoms with van der Waals surface area (Å²) in [6.45, 7) is 2.88. The molecule has 6 nitrogen and oxygen atoms in total. The number of aromatic nitrogens is 2. The number of nitrogens with one attached hydrogen (secondary N) is 1. The van der Waals surface area contributed by atoms with Gasteiger partial charge in [0.2, 0.25) is 0 Å². The zero-order chi connectivity index (χ0) is 20.8.